The van der Waals surface area contributed by atoms with Gasteiger partial charge in [-0.1, -0.05) is 11.6 Å². The molecule has 0 spiro atoms. The fraction of sp³-hybridized carbons (Fsp3) is 0.227. The normalized spacial score (nSPS) is 14.7. The van der Waals surface area contributed by atoms with Gasteiger partial charge in [0.05, 0.1) is 34.4 Å². The van der Waals surface area contributed by atoms with E-state index in [1.165, 1.54) is 16.8 Å². The fourth-order valence-electron chi connectivity index (χ4n) is 3.66. The third-order valence-electron chi connectivity index (χ3n) is 5.34. The van der Waals surface area contributed by atoms with Gasteiger partial charge in [0.25, 0.3) is 5.91 Å². The minimum Gasteiger partial charge on any atom is -0.439 e. The average Bonchev–Trinajstić information content (AvgIpc) is 3.43. The number of aromatic nitrogens is 3. The predicted molar refractivity (Wildman–Crippen MR) is 118 cm³/mol. The Labute approximate surface area is 188 Å². The van der Waals surface area contributed by atoms with Gasteiger partial charge in [0.2, 0.25) is 5.89 Å². The van der Waals surface area contributed by atoms with Crippen molar-refractivity contribution in [3.8, 4) is 11.3 Å². The molecule has 0 aliphatic carbocycles. The van der Waals surface area contributed by atoms with E-state index in [9.17, 15) is 9.18 Å². The molecule has 4 heterocycles. The van der Waals surface area contributed by atoms with E-state index in [0.29, 0.717) is 29.2 Å². The van der Waals surface area contributed by atoms with Gasteiger partial charge in [-0.05, 0) is 30.3 Å². The zero-order valence-electron chi connectivity index (χ0n) is 17.0. The topological polar surface area (TPSA) is 88.2 Å². The maximum atomic E-state index is 13.6. The Kier molecular flexibility index (Phi) is 5.60. The maximum absolute atomic E-state index is 13.6. The Bertz CT molecular complexity index is 1280. The van der Waals surface area contributed by atoms with Crippen LogP contribution in [0.2, 0.25) is 5.02 Å². The van der Waals surface area contributed by atoms with Crippen LogP contribution in [0.5, 0.6) is 0 Å². The molecular formula is C22H20ClFN6O2. The molecule has 1 aliphatic rings. The van der Waals surface area contributed by atoms with Crippen LogP contribution in [0.15, 0.2) is 53.3 Å². The van der Waals surface area contributed by atoms with Crippen LogP contribution < -0.4 is 10.7 Å². The summed E-state index contributed by atoms with van der Waals surface area (Å²) in [7, 11) is 0. The zero-order valence-corrected chi connectivity index (χ0v) is 17.8. The Morgan fingerprint density at radius 1 is 1.19 bits per heavy atom. The number of amides is 1. The van der Waals surface area contributed by atoms with Gasteiger partial charge in [0, 0.05) is 44.1 Å². The number of benzene rings is 1. The maximum Gasteiger partial charge on any atom is 0.271 e. The number of pyridine rings is 1. The van der Waals surface area contributed by atoms with Crippen molar-refractivity contribution in [1.29, 1.82) is 0 Å². The Balaban J connectivity index is 1.38. The molecule has 1 aromatic carbocycles. The van der Waals surface area contributed by atoms with E-state index in [4.69, 9.17) is 16.0 Å². The van der Waals surface area contributed by atoms with Crippen LogP contribution in [0.3, 0.4) is 0 Å². The van der Waals surface area contributed by atoms with Crippen LogP contribution in [0.25, 0.3) is 22.4 Å². The van der Waals surface area contributed by atoms with Crippen LogP contribution in [-0.2, 0) is 6.54 Å². The molecule has 1 aliphatic heterocycles. The zero-order chi connectivity index (χ0) is 22.1. The molecule has 0 saturated carbocycles. The van der Waals surface area contributed by atoms with Crippen molar-refractivity contribution >= 4 is 28.5 Å². The highest BCUT2D eigenvalue weighted by Crippen LogP contribution is 2.25. The highest BCUT2D eigenvalue weighted by atomic mass is 35.5. The molecule has 1 fully saturated rings. The number of nitrogens with zero attached hydrogens (tertiary/aromatic N) is 4. The molecule has 32 heavy (non-hydrogen) atoms. The number of hydrogen-bond donors (Lipinski definition) is 2. The summed E-state index contributed by atoms with van der Waals surface area (Å²) in [6.45, 7) is 4.47. The molecule has 2 N–H and O–H groups in total. The van der Waals surface area contributed by atoms with Crippen LogP contribution >= 0.6 is 11.6 Å². The largest absolute Gasteiger partial charge is 0.439 e. The van der Waals surface area contributed by atoms with Gasteiger partial charge >= 0.3 is 0 Å². The van der Waals surface area contributed by atoms with Gasteiger partial charge in [-0.25, -0.2) is 9.37 Å². The van der Waals surface area contributed by atoms with E-state index in [-0.39, 0.29) is 10.6 Å². The van der Waals surface area contributed by atoms with Gasteiger partial charge in [-0.3, -0.25) is 24.8 Å². The number of piperazine rings is 1. The summed E-state index contributed by atoms with van der Waals surface area (Å²) in [5.74, 6) is 0.168. The van der Waals surface area contributed by atoms with Crippen molar-refractivity contribution in [2.75, 3.05) is 31.6 Å². The third-order valence-corrected chi connectivity index (χ3v) is 5.67. The van der Waals surface area contributed by atoms with Crippen LogP contribution in [0.4, 0.5) is 4.39 Å². The quantitative estimate of drug-likeness (QED) is 0.481. The number of carbonyl (C=O) groups is 1. The molecule has 5 rings (SSSR count). The molecule has 3 aromatic heterocycles. The number of hydrogen-bond acceptors (Lipinski definition) is 6. The number of fused-ring (bicyclic) bond motifs is 1. The lowest BCUT2D eigenvalue weighted by atomic mass is 10.2. The molecule has 10 heteroatoms. The first kappa shape index (κ1) is 20.6. The first-order valence-corrected chi connectivity index (χ1v) is 10.6. The van der Waals surface area contributed by atoms with Crippen molar-refractivity contribution in [3.05, 3.63) is 71.2 Å². The van der Waals surface area contributed by atoms with E-state index >= 15 is 0 Å². The molecule has 4 aromatic rings. The monoisotopic (exact) mass is 454 g/mol. The fourth-order valence-corrected chi connectivity index (χ4v) is 3.86. The summed E-state index contributed by atoms with van der Waals surface area (Å²) in [4.78, 5) is 23.8. The highest BCUT2D eigenvalue weighted by molar-refractivity contribution is 6.34. The number of carbonyl (C=O) groups excluding carboxylic acids is 1. The summed E-state index contributed by atoms with van der Waals surface area (Å²) in [6.07, 6.45) is 5.05. The van der Waals surface area contributed by atoms with Crippen molar-refractivity contribution in [3.63, 3.8) is 0 Å². The van der Waals surface area contributed by atoms with Gasteiger partial charge in [-0.15, -0.1) is 0 Å². The Hall–Kier alpha value is -3.27. The van der Waals surface area contributed by atoms with E-state index in [0.717, 1.165) is 37.8 Å². The molecule has 1 amide bonds. The van der Waals surface area contributed by atoms with Crippen molar-refractivity contribution in [2.24, 2.45) is 0 Å². The first-order chi connectivity index (χ1) is 15.6. The molecule has 0 radical (unpaired) electrons. The second-order valence-electron chi connectivity index (χ2n) is 7.52. The summed E-state index contributed by atoms with van der Waals surface area (Å²) in [6, 6.07) is 7.27. The van der Waals surface area contributed by atoms with E-state index in [1.807, 2.05) is 6.07 Å². The average molecular weight is 455 g/mol. The second kappa shape index (κ2) is 8.70. The standard InChI is InChI=1S/C22H20ClFN6O2/c23-17-2-1-15(24)10-16(17)22(31)28-30-6-3-18-19(30)9-14(11-26-18)20-12-27-21(32-20)13-29-7-4-25-5-8-29/h1-3,6,9-12,25H,4-5,7-8,13H2,(H,28,31). The second-order valence-corrected chi connectivity index (χ2v) is 7.93. The van der Waals surface area contributed by atoms with Gasteiger partial charge < -0.3 is 9.73 Å². The molecular weight excluding hydrogens is 435 g/mol. The van der Waals surface area contributed by atoms with E-state index < -0.39 is 11.7 Å². The first-order valence-electron chi connectivity index (χ1n) is 10.2. The van der Waals surface area contributed by atoms with Crippen LogP contribution in [-0.4, -0.2) is 51.6 Å². The number of rotatable bonds is 5. The lowest BCUT2D eigenvalue weighted by Crippen LogP contribution is -2.42. The predicted octanol–water partition coefficient (Wildman–Crippen LogP) is 3.27. The summed E-state index contributed by atoms with van der Waals surface area (Å²) < 4.78 is 21.0. The highest BCUT2D eigenvalue weighted by Gasteiger charge is 2.16. The summed E-state index contributed by atoms with van der Waals surface area (Å²) in [5.41, 5.74) is 4.83. The smallest absolute Gasteiger partial charge is 0.271 e. The SMILES string of the molecule is O=C(Nn1ccc2ncc(-c3cnc(CN4CCNCC4)o3)cc21)c1cc(F)ccc1Cl. The number of oxazole rings is 1. The van der Waals surface area contributed by atoms with Gasteiger partial charge in [0.1, 0.15) is 5.82 Å². The lowest BCUT2D eigenvalue weighted by Gasteiger charge is -2.25. The number of nitrogens with one attached hydrogen (secondary N) is 2. The molecule has 0 unspecified atom stereocenters. The van der Waals surface area contributed by atoms with Crippen molar-refractivity contribution in [1.82, 2.24) is 24.9 Å². The Morgan fingerprint density at radius 3 is 2.88 bits per heavy atom. The summed E-state index contributed by atoms with van der Waals surface area (Å²) in [5, 5.41) is 3.49. The van der Waals surface area contributed by atoms with Gasteiger partial charge in [0.15, 0.2) is 5.76 Å². The lowest BCUT2D eigenvalue weighted by molar-refractivity contribution is 0.101. The van der Waals surface area contributed by atoms with Crippen LogP contribution in [0.1, 0.15) is 16.2 Å². The molecule has 1 saturated heterocycles. The Morgan fingerprint density at radius 2 is 2.03 bits per heavy atom. The van der Waals surface area contributed by atoms with E-state index in [1.54, 1.807) is 24.7 Å². The van der Waals surface area contributed by atoms with E-state index in [2.05, 4.69) is 25.6 Å². The van der Waals surface area contributed by atoms with Crippen molar-refractivity contribution < 1.29 is 13.6 Å². The van der Waals surface area contributed by atoms with Gasteiger partial charge in [-0.2, -0.15) is 0 Å². The minimum atomic E-state index is -0.539. The van der Waals surface area contributed by atoms with Crippen LogP contribution in [0, 0.1) is 5.82 Å². The molecule has 0 atom stereocenters. The van der Waals surface area contributed by atoms with Crippen molar-refractivity contribution in [2.45, 2.75) is 6.54 Å². The molecule has 164 valence electrons. The molecule has 0 bridgehead atoms. The number of halogens is 2. The summed E-state index contributed by atoms with van der Waals surface area (Å²) >= 11 is 6.05. The third kappa shape index (κ3) is 4.22. The minimum absolute atomic E-state index is 0.0467. The molecule has 8 nitrogen and oxygen atoms in total.